The number of benzene rings is 1. The van der Waals surface area contributed by atoms with Gasteiger partial charge in [0.25, 0.3) is 0 Å². The Morgan fingerprint density at radius 3 is 2.50 bits per heavy atom. The molecule has 1 aromatic carbocycles. The zero-order valence-corrected chi connectivity index (χ0v) is 15.8. The standard InChI is InChI=1S/C14H15NO3S.K/c1-8-5-11-12(6-9(8)2)19-13(15-11)7-10(16)3-4-14(17)18;/h5-6H,3-4,7H2,1-2H3,(H,17,18);/q;+1/p-1. The zero-order chi connectivity index (χ0) is 14.0. The van der Waals surface area contributed by atoms with Gasteiger partial charge < -0.3 is 9.90 Å². The molecule has 0 spiro atoms. The number of fused-ring (bicyclic) bond motifs is 1. The molecule has 6 heteroatoms. The summed E-state index contributed by atoms with van der Waals surface area (Å²) in [6, 6.07) is 4.08. The van der Waals surface area contributed by atoms with Crippen LogP contribution in [-0.4, -0.2) is 16.7 Å². The van der Waals surface area contributed by atoms with Crippen LogP contribution in [0.4, 0.5) is 0 Å². The van der Waals surface area contributed by atoms with E-state index in [1.807, 2.05) is 19.9 Å². The first-order valence-corrected chi connectivity index (χ1v) is 6.85. The van der Waals surface area contributed by atoms with Gasteiger partial charge in [-0.25, -0.2) is 4.98 Å². The van der Waals surface area contributed by atoms with Crippen LogP contribution in [0.5, 0.6) is 0 Å². The van der Waals surface area contributed by atoms with Crippen LogP contribution in [0, 0.1) is 13.8 Å². The normalized spacial score (nSPS) is 10.3. The van der Waals surface area contributed by atoms with Crippen LogP contribution < -0.4 is 56.5 Å². The van der Waals surface area contributed by atoms with E-state index in [0.29, 0.717) is 0 Å². The first kappa shape index (κ1) is 17.9. The third-order valence-electron chi connectivity index (χ3n) is 3.00. The van der Waals surface area contributed by atoms with Gasteiger partial charge in [0, 0.05) is 12.4 Å². The molecule has 2 rings (SSSR count). The van der Waals surface area contributed by atoms with Crippen molar-refractivity contribution in [2.24, 2.45) is 0 Å². The van der Waals surface area contributed by atoms with Crippen LogP contribution in [0.25, 0.3) is 10.2 Å². The van der Waals surface area contributed by atoms with Crippen molar-refractivity contribution in [2.75, 3.05) is 0 Å². The monoisotopic (exact) mass is 315 g/mol. The number of aryl methyl sites for hydroxylation is 2. The van der Waals surface area contributed by atoms with E-state index in [1.54, 1.807) is 0 Å². The molecule has 0 aliphatic heterocycles. The summed E-state index contributed by atoms with van der Waals surface area (Å²) in [5.74, 6) is -1.31. The largest absolute Gasteiger partial charge is 1.00 e. The minimum atomic E-state index is -1.19. The van der Waals surface area contributed by atoms with E-state index in [0.717, 1.165) is 15.2 Å². The number of carbonyl (C=O) groups is 2. The number of hydrogen-bond acceptors (Lipinski definition) is 5. The van der Waals surface area contributed by atoms with Gasteiger partial charge in [-0.2, -0.15) is 0 Å². The molecule has 0 aliphatic rings. The first-order chi connectivity index (χ1) is 8.95. The summed E-state index contributed by atoms with van der Waals surface area (Å²) < 4.78 is 1.06. The van der Waals surface area contributed by atoms with E-state index < -0.39 is 5.97 Å². The van der Waals surface area contributed by atoms with E-state index >= 15 is 0 Å². The molecule has 20 heavy (non-hydrogen) atoms. The summed E-state index contributed by atoms with van der Waals surface area (Å²) in [6.45, 7) is 4.07. The van der Waals surface area contributed by atoms with Crippen LogP contribution in [-0.2, 0) is 16.0 Å². The molecule has 0 bridgehead atoms. The topological polar surface area (TPSA) is 70.1 Å². The Labute approximate surface area is 164 Å². The summed E-state index contributed by atoms with van der Waals surface area (Å²) in [4.78, 5) is 26.3. The molecule has 2 aromatic rings. The van der Waals surface area contributed by atoms with Crippen LogP contribution in [0.15, 0.2) is 12.1 Å². The van der Waals surface area contributed by atoms with Gasteiger partial charge >= 0.3 is 51.4 Å². The van der Waals surface area contributed by atoms with Gasteiger partial charge in [-0.1, -0.05) is 0 Å². The molecule has 1 heterocycles. The second kappa shape index (κ2) is 7.77. The molecule has 0 saturated carbocycles. The number of aromatic nitrogens is 1. The number of hydrogen-bond donors (Lipinski definition) is 0. The van der Waals surface area contributed by atoms with Crippen molar-refractivity contribution in [3.05, 3.63) is 28.3 Å². The van der Waals surface area contributed by atoms with Gasteiger partial charge in [-0.15, -0.1) is 11.3 Å². The Balaban J connectivity index is 0.00000200. The molecular formula is C14H14KNO3S. The molecular weight excluding hydrogens is 301 g/mol. The van der Waals surface area contributed by atoms with Crippen LogP contribution in [0.2, 0.25) is 0 Å². The molecule has 0 amide bonds. The van der Waals surface area contributed by atoms with Gasteiger partial charge in [-0.05, 0) is 43.5 Å². The summed E-state index contributed by atoms with van der Waals surface area (Å²) in [5.41, 5.74) is 3.27. The van der Waals surface area contributed by atoms with Crippen molar-refractivity contribution in [1.82, 2.24) is 4.98 Å². The molecule has 0 fully saturated rings. The zero-order valence-electron chi connectivity index (χ0n) is 11.9. The van der Waals surface area contributed by atoms with Crippen LogP contribution in [0.1, 0.15) is 29.0 Å². The third-order valence-corrected chi connectivity index (χ3v) is 4.02. The minimum Gasteiger partial charge on any atom is -0.550 e. The number of ketones is 1. The van der Waals surface area contributed by atoms with Crippen molar-refractivity contribution >= 4 is 33.3 Å². The Morgan fingerprint density at radius 2 is 1.85 bits per heavy atom. The van der Waals surface area contributed by atoms with Gasteiger partial charge in [0.05, 0.1) is 16.6 Å². The van der Waals surface area contributed by atoms with Gasteiger partial charge in [-0.3, -0.25) is 4.79 Å². The number of thiazole rings is 1. The predicted octanol–water partition coefficient (Wildman–Crippen LogP) is -1.44. The van der Waals surface area contributed by atoms with E-state index in [4.69, 9.17) is 0 Å². The van der Waals surface area contributed by atoms with Crippen molar-refractivity contribution in [2.45, 2.75) is 33.1 Å². The van der Waals surface area contributed by atoms with E-state index in [9.17, 15) is 14.7 Å². The van der Waals surface area contributed by atoms with E-state index in [1.165, 1.54) is 22.5 Å². The van der Waals surface area contributed by atoms with Crippen molar-refractivity contribution in [3.63, 3.8) is 0 Å². The number of Topliss-reactive ketones (excluding diaryl/α,β-unsaturated/α-hetero) is 1. The summed E-state index contributed by atoms with van der Waals surface area (Å²) in [7, 11) is 0. The fraction of sp³-hybridized carbons (Fsp3) is 0.357. The molecule has 4 nitrogen and oxygen atoms in total. The van der Waals surface area contributed by atoms with E-state index in [2.05, 4.69) is 11.1 Å². The smallest absolute Gasteiger partial charge is 0.550 e. The maximum Gasteiger partial charge on any atom is 1.00 e. The van der Waals surface area contributed by atoms with Gasteiger partial charge in [0.15, 0.2) is 0 Å². The molecule has 0 radical (unpaired) electrons. The maximum absolute atomic E-state index is 11.6. The average molecular weight is 315 g/mol. The number of carbonyl (C=O) groups excluding carboxylic acids is 2. The van der Waals surface area contributed by atoms with Crippen molar-refractivity contribution in [3.8, 4) is 0 Å². The quantitative estimate of drug-likeness (QED) is 0.634. The summed E-state index contributed by atoms with van der Waals surface area (Å²) in [5, 5.41) is 11.0. The van der Waals surface area contributed by atoms with Crippen molar-refractivity contribution in [1.29, 1.82) is 0 Å². The number of carboxylic acid groups (broad SMARTS) is 1. The Morgan fingerprint density at radius 1 is 1.20 bits per heavy atom. The molecule has 0 atom stereocenters. The summed E-state index contributed by atoms with van der Waals surface area (Å²) in [6.07, 6.45) is -0.0109. The van der Waals surface area contributed by atoms with E-state index in [-0.39, 0.29) is 76.4 Å². The number of aliphatic carboxylic acids is 1. The SMILES string of the molecule is Cc1cc2nc(CC(=O)CCC(=O)[O-])sc2cc1C.[K+]. The van der Waals surface area contributed by atoms with Gasteiger partial charge in [0.1, 0.15) is 10.8 Å². The third kappa shape index (κ3) is 4.72. The maximum atomic E-state index is 11.6. The fourth-order valence-corrected chi connectivity index (χ4v) is 2.88. The Kier molecular flexibility index (Phi) is 6.97. The predicted molar refractivity (Wildman–Crippen MR) is 72.0 cm³/mol. The molecule has 0 aliphatic carbocycles. The number of carboxylic acids is 1. The first-order valence-electron chi connectivity index (χ1n) is 6.04. The average Bonchev–Trinajstić information content (AvgIpc) is 2.68. The second-order valence-corrected chi connectivity index (χ2v) is 5.71. The van der Waals surface area contributed by atoms with Crippen LogP contribution >= 0.6 is 11.3 Å². The molecule has 0 unspecified atom stereocenters. The molecule has 100 valence electrons. The minimum absolute atomic E-state index is 0. The molecule has 0 N–H and O–H groups in total. The molecule has 0 saturated heterocycles. The Hall–Kier alpha value is -0.114. The fourth-order valence-electron chi connectivity index (χ4n) is 1.80. The Bertz CT molecular complexity index is 612. The van der Waals surface area contributed by atoms with Crippen molar-refractivity contribution < 1.29 is 66.1 Å². The second-order valence-electron chi connectivity index (χ2n) is 4.60. The number of nitrogens with zero attached hydrogens (tertiary/aromatic N) is 1. The van der Waals surface area contributed by atoms with Gasteiger partial charge in [0.2, 0.25) is 0 Å². The number of rotatable bonds is 5. The summed E-state index contributed by atoms with van der Waals surface area (Å²) >= 11 is 1.49. The van der Waals surface area contributed by atoms with Crippen LogP contribution in [0.3, 0.4) is 0 Å². The molecule has 1 aromatic heterocycles.